The number of ketones is 1. The summed E-state index contributed by atoms with van der Waals surface area (Å²) in [6.45, 7) is 4.30. The molecule has 1 aromatic heterocycles. The van der Waals surface area contributed by atoms with E-state index in [1.54, 1.807) is 19.9 Å². The van der Waals surface area contributed by atoms with E-state index < -0.39 is 35.7 Å². The maximum atomic E-state index is 12.9. The Morgan fingerprint density at radius 2 is 1.96 bits per heavy atom. The van der Waals surface area contributed by atoms with Crippen molar-refractivity contribution in [1.82, 2.24) is 4.57 Å². The first-order valence-corrected chi connectivity index (χ1v) is 7.57. The Balaban J connectivity index is 2.42. The van der Waals surface area contributed by atoms with E-state index >= 15 is 0 Å². The van der Waals surface area contributed by atoms with Crippen LogP contribution in [-0.4, -0.2) is 22.1 Å². The predicted octanol–water partition coefficient (Wildman–Crippen LogP) is 2.72. The first-order valence-electron chi connectivity index (χ1n) is 7.57. The summed E-state index contributed by atoms with van der Waals surface area (Å²) in [4.78, 5) is 24.8. The van der Waals surface area contributed by atoms with Gasteiger partial charge in [-0.15, -0.1) is 0 Å². The summed E-state index contributed by atoms with van der Waals surface area (Å²) in [5.41, 5.74) is -0.873. The SMILES string of the molecule is Cc1c(C(=O)COc2ccc(F)cc2)c(O)n(C(C)C)c(=O)c1C#N. The summed E-state index contributed by atoms with van der Waals surface area (Å²) < 4.78 is 19.2. The van der Waals surface area contributed by atoms with Crippen molar-refractivity contribution < 1.29 is 19.0 Å². The molecule has 2 aromatic rings. The van der Waals surface area contributed by atoms with Crippen LogP contribution in [0.4, 0.5) is 4.39 Å². The van der Waals surface area contributed by atoms with Crippen molar-refractivity contribution in [2.75, 3.05) is 6.61 Å². The fourth-order valence-corrected chi connectivity index (χ4v) is 2.49. The van der Waals surface area contributed by atoms with Crippen LogP contribution < -0.4 is 10.3 Å². The number of nitrogens with zero attached hydrogens (tertiary/aromatic N) is 2. The summed E-state index contributed by atoms with van der Waals surface area (Å²) >= 11 is 0. The van der Waals surface area contributed by atoms with Gasteiger partial charge >= 0.3 is 0 Å². The minimum atomic E-state index is -0.650. The summed E-state index contributed by atoms with van der Waals surface area (Å²) in [5.74, 6) is -1.24. The molecule has 0 amide bonds. The molecule has 7 heteroatoms. The second-order valence-corrected chi connectivity index (χ2v) is 5.75. The van der Waals surface area contributed by atoms with Gasteiger partial charge in [-0.1, -0.05) is 0 Å². The van der Waals surface area contributed by atoms with Crippen molar-refractivity contribution in [2.45, 2.75) is 26.8 Å². The number of rotatable bonds is 5. The molecule has 0 aliphatic carbocycles. The second-order valence-electron chi connectivity index (χ2n) is 5.75. The van der Waals surface area contributed by atoms with Crippen LogP contribution in [0.3, 0.4) is 0 Å². The number of Topliss-reactive ketones (excluding diaryl/α,β-unsaturated/α-hetero) is 1. The van der Waals surface area contributed by atoms with E-state index in [1.165, 1.54) is 31.2 Å². The Morgan fingerprint density at radius 3 is 2.48 bits per heavy atom. The largest absolute Gasteiger partial charge is 0.494 e. The molecule has 1 heterocycles. The van der Waals surface area contributed by atoms with Gasteiger partial charge in [-0.3, -0.25) is 14.2 Å². The van der Waals surface area contributed by atoms with Crippen molar-refractivity contribution >= 4 is 5.78 Å². The lowest BCUT2D eigenvalue weighted by Gasteiger charge is -2.18. The van der Waals surface area contributed by atoms with Gasteiger partial charge in [-0.05, 0) is 50.6 Å². The van der Waals surface area contributed by atoms with E-state index in [4.69, 9.17) is 4.74 Å². The van der Waals surface area contributed by atoms with Crippen LogP contribution in [-0.2, 0) is 0 Å². The molecule has 0 bridgehead atoms. The molecule has 130 valence electrons. The maximum absolute atomic E-state index is 12.9. The number of pyridine rings is 1. The molecule has 0 saturated carbocycles. The zero-order chi connectivity index (χ0) is 18.7. The maximum Gasteiger partial charge on any atom is 0.271 e. The number of ether oxygens (including phenoxy) is 1. The summed E-state index contributed by atoms with van der Waals surface area (Å²) in [6.07, 6.45) is 0. The number of benzene rings is 1. The number of aromatic hydroxyl groups is 1. The molecule has 6 nitrogen and oxygen atoms in total. The van der Waals surface area contributed by atoms with E-state index in [-0.39, 0.29) is 22.4 Å². The van der Waals surface area contributed by atoms with Gasteiger partial charge in [0, 0.05) is 6.04 Å². The second kappa shape index (κ2) is 7.18. The number of halogens is 1. The van der Waals surface area contributed by atoms with E-state index in [0.717, 1.165) is 4.57 Å². The standard InChI is InChI=1S/C18H17FN2O4/c1-10(2)21-17(23)14(8-20)11(3)16(18(21)24)15(22)9-25-13-6-4-12(19)5-7-13/h4-7,10,24H,9H2,1-3H3. The Morgan fingerprint density at radius 1 is 1.36 bits per heavy atom. The Bertz CT molecular complexity index is 909. The topological polar surface area (TPSA) is 92.3 Å². The van der Waals surface area contributed by atoms with Crippen LogP contribution in [0.1, 0.15) is 41.4 Å². The van der Waals surface area contributed by atoms with Crippen LogP contribution in [0.5, 0.6) is 11.6 Å². The average molecular weight is 344 g/mol. The molecule has 0 atom stereocenters. The molecule has 1 N–H and O–H groups in total. The third-order valence-electron chi connectivity index (χ3n) is 3.73. The molecule has 0 aliphatic rings. The number of hydrogen-bond acceptors (Lipinski definition) is 5. The molecule has 0 saturated heterocycles. The number of nitriles is 1. The zero-order valence-electron chi connectivity index (χ0n) is 14.0. The molecule has 0 fully saturated rings. The van der Waals surface area contributed by atoms with Gasteiger partial charge in [0.15, 0.2) is 6.61 Å². The van der Waals surface area contributed by atoms with E-state index in [0.29, 0.717) is 0 Å². The van der Waals surface area contributed by atoms with Crippen molar-refractivity contribution in [2.24, 2.45) is 0 Å². The lowest BCUT2D eigenvalue weighted by atomic mass is 10.0. The Kier molecular flexibility index (Phi) is 5.22. The summed E-state index contributed by atoms with van der Waals surface area (Å²) in [6, 6.07) is 6.45. The number of carbonyl (C=O) groups excluding carboxylic acids is 1. The number of aromatic nitrogens is 1. The minimum Gasteiger partial charge on any atom is -0.494 e. The summed E-state index contributed by atoms with van der Waals surface area (Å²) in [5, 5.41) is 19.6. The van der Waals surface area contributed by atoms with E-state index in [9.17, 15) is 24.3 Å². The highest BCUT2D eigenvalue weighted by Crippen LogP contribution is 2.25. The van der Waals surface area contributed by atoms with Crippen LogP contribution in [0, 0.1) is 24.1 Å². The monoisotopic (exact) mass is 344 g/mol. The first kappa shape index (κ1) is 18.2. The first-order chi connectivity index (χ1) is 11.8. The molecular formula is C18H17FN2O4. The highest BCUT2D eigenvalue weighted by atomic mass is 19.1. The van der Waals surface area contributed by atoms with Crippen molar-refractivity contribution in [1.29, 1.82) is 5.26 Å². The normalized spacial score (nSPS) is 10.6. The highest BCUT2D eigenvalue weighted by molar-refractivity contribution is 6.01. The quantitative estimate of drug-likeness (QED) is 0.842. The average Bonchev–Trinajstić information content (AvgIpc) is 2.54. The molecule has 0 aliphatic heterocycles. The Labute approximate surface area is 143 Å². The lowest BCUT2D eigenvalue weighted by Crippen LogP contribution is -2.28. The van der Waals surface area contributed by atoms with Crippen LogP contribution >= 0.6 is 0 Å². The molecule has 25 heavy (non-hydrogen) atoms. The Hall–Kier alpha value is -3.14. The third-order valence-corrected chi connectivity index (χ3v) is 3.73. The molecular weight excluding hydrogens is 327 g/mol. The van der Waals surface area contributed by atoms with Gasteiger partial charge in [0.05, 0.1) is 5.56 Å². The number of carbonyl (C=O) groups is 1. The zero-order valence-corrected chi connectivity index (χ0v) is 14.0. The van der Waals surface area contributed by atoms with Gasteiger partial charge in [-0.25, -0.2) is 4.39 Å². The molecule has 2 rings (SSSR count). The van der Waals surface area contributed by atoms with Crippen LogP contribution in [0.25, 0.3) is 0 Å². The lowest BCUT2D eigenvalue weighted by molar-refractivity contribution is 0.0916. The van der Waals surface area contributed by atoms with Crippen molar-refractivity contribution in [3.05, 3.63) is 57.1 Å². The van der Waals surface area contributed by atoms with Crippen LogP contribution in [0.2, 0.25) is 0 Å². The minimum absolute atomic E-state index is 0.106. The van der Waals surface area contributed by atoms with Crippen molar-refractivity contribution in [3.63, 3.8) is 0 Å². The fraction of sp³-hybridized carbons (Fsp3) is 0.278. The number of hydrogen-bond donors (Lipinski definition) is 1. The van der Waals surface area contributed by atoms with E-state index in [1.807, 2.05) is 0 Å². The smallest absolute Gasteiger partial charge is 0.271 e. The molecule has 0 spiro atoms. The molecule has 0 radical (unpaired) electrons. The van der Waals surface area contributed by atoms with E-state index in [2.05, 4.69) is 0 Å². The predicted molar refractivity (Wildman–Crippen MR) is 88.4 cm³/mol. The van der Waals surface area contributed by atoms with Crippen LogP contribution in [0.15, 0.2) is 29.1 Å². The highest BCUT2D eigenvalue weighted by Gasteiger charge is 2.25. The van der Waals surface area contributed by atoms with Gasteiger partial charge in [0.1, 0.15) is 23.2 Å². The molecule has 0 unspecified atom stereocenters. The fourth-order valence-electron chi connectivity index (χ4n) is 2.49. The molecule has 1 aromatic carbocycles. The van der Waals surface area contributed by atoms with Crippen molar-refractivity contribution in [3.8, 4) is 17.7 Å². The van der Waals surface area contributed by atoms with Gasteiger partial charge in [0.25, 0.3) is 5.56 Å². The van der Waals surface area contributed by atoms with Gasteiger partial charge in [0.2, 0.25) is 11.7 Å². The van der Waals surface area contributed by atoms with Gasteiger partial charge in [-0.2, -0.15) is 5.26 Å². The summed E-state index contributed by atoms with van der Waals surface area (Å²) in [7, 11) is 0. The van der Waals surface area contributed by atoms with Gasteiger partial charge < -0.3 is 9.84 Å². The third kappa shape index (κ3) is 3.53.